The average Bonchev–Trinajstić information content (AvgIpc) is 2.61. The first-order valence-electron chi connectivity index (χ1n) is 8.78. The molecule has 0 aliphatic heterocycles. The van der Waals surface area contributed by atoms with Gasteiger partial charge in [-0.25, -0.2) is 0 Å². The molecule has 134 valence electrons. The highest BCUT2D eigenvalue weighted by Crippen LogP contribution is 2.28. The molecule has 1 N–H and O–H groups in total. The number of carbonyl (C=O) groups excluding carboxylic acids is 1. The SMILES string of the molecule is CCC(C)c1ccccc1OCC(=O)Nc1ccc(OC(C)C)cc1. The molecular formula is C21H27NO3. The zero-order chi connectivity index (χ0) is 18.2. The first-order chi connectivity index (χ1) is 12.0. The Morgan fingerprint density at radius 1 is 1.04 bits per heavy atom. The highest BCUT2D eigenvalue weighted by molar-refractivity contribution is 5.91. The lowest BCUT2D eigenvalue weighted by Gasteiger charge is -2.15. The Morgan fingerprint density at radius 2 is 1.72 bits per heavy atom. The van der Waals surface area contributed by atoms with Crippen LogP contribution in [0.1, 0.15) is 45.6 Å². The van der Waals surface area contributed by atoms with Crippen molar-refractivity contribution in [2.24, 2.45) is 0 Å². The van der Waals surface area contributed by atoms with Crippen molar-refractivity contribution < 1.29 is 14.3 Å². The zero-order valence-corrected chi connectivity index (χ0v) is 15.4. The summed E-state index contributed by atoms with van der Waals surface area (Å²) < 4.78 is 11.3. The van der Waals surface area contributed by atoms with Crippen LogP contribution in [0.4, 0.5) is 5.69 Å². The predicted molar refractivity (Wildman–Crippen MR) is 101 cm³/mol. The molecule has 2 aromatic rings. The number of ether oxygens (including phenoxy) is 2. The summed E-state index contributed by atoms with van der Waals surface area (Å²) in [5.74, 6) is 1.77. The van der Waals surface area contributed by atoms with E-state index in [2.05, 4.69) is 25.2 Å². The molecule has 4 heteroatoms. The third-order valence-corrected chi connectivity index (χ3v) is 3.93. The number of anilines is 1. The fourth-order valence-electron chi connectivity index (χ4n) is 2.47. The van der Waals surface area contributed by atoms with E-state index >= 15 is 0 Å². The molecule has 1 atom stereocenters. The monoisotopic (exact) mass is 341 g/mol. The van der Waals surface area contributed by atoms with Crippen LogP contribution in [-0.4, -0.2) is 18.6 Å². The molecule has 25 heavy (non-hydrogen) atoms. The molecule has 0 saturated heterocycles. The Hall–Kier alpha value is -2.49. The second-order valence-corrected chi connectivity index (χ2v) is 6.37. The zero-order valence-electron chi connectivity index (χ0n) is 15.4. The second-order valence-electron chi connectivity index (χ2n) is 6.37. The third kappa shape index (κ3) is 5.82. The molecule has 0 saturated carbocycles. The van der Waals surface area contributed by atoms with Gasteiger partial charge in [0.05, 0.1) is 6.10 Å². The number of para-hydroxylation sites is 1. The fourth-order valence-corrected chi connectivity index (χ4v) is 2.47. The maximum atomic E-state index is 12.1. The van der Waals surface area contributed by atoms with Gasteiger partial charge >= 0.3 is 0 Å². The number of carbonyl (C=O) groups is 1. The van der Waals surface area contributed by atoms with E-state index in [1.165, 1.54) is 0 Å². The topological polar surface area (TPSA) is 47.6 Å². The smallest absolute Gasteiger partial charge is 0.262 e. The van der Waals surface area contributed by atoms with E-state index in [4.69, 9.17) is 9.47 Å². The summed E-state index contributed by atoms with van der Waals surface area (Å²) >= 11 is 0. The van der Waals surface area contributed by atoms with Gasteiger partial charge in [-0.3, -0.25) is 4.79 Å². The van der Waals surface area contributed by atoms with Crippen LogP contribution in [0, 0.1) is 0 Å². The van der Waals surface area contributed by atoms with Crippen LogP contribution in [0.3, 0.4) is 0 Å². The Balaban J connectivity index is 1.91. The van der Waals surface area contributed by atoms with Gasteiger partial charge in [-0.2, -0.15) is 0 Å². The highest BCUT2D eigenvalue weighted by atomic mass is 16.5. The van der Waals surface area contributed by atoms with Crippen LogP contribution in [0.2, 0.25) is 0 Å². The summed E-state index contributed by atoms with van der Waals surface area (Å²) in [6.07, 6.45) is 1.15. The Bertz CT molecular complexity index is 680. The van der Waals surface area contributed by atoms with Crippen LogP contribution in [0.15, 0.2) is 48.5 Å². The van der Waals surface area contributed by atoms with Gasteiger partial charge in [0, 0.05) is 5.69 Å². The largest absolute Gasteiger partial charge is 0.491 e. The third-order valence-electron chi connectivity index (χ3n) is 3.93. The average molecular weight is 341 g/mol. The highest BCUT2D eigenvalue weighted by Gasteiger charge is 2.11. The van der Waals surface area contributed by atoms with Crippen molar-refractivity contribution >= 4 is 11.6 Å². The van der Waals surface area contributed by atoms with Gasteiger partial charge in [0.15, 0.2) is 6.61 Å². The Morgan fingerprint density at radius 3 is 2.36 bits per heavy atom. The van der Waals surface area contributed by atoms with E-state index in [9.17, 15) is 4.79 Å². The number of hydrogen-bond acceptors (Lipinski definition) is 3. The van der Waals surface area contributed by atoms with Crippen molar-refractivity contribution in [3.63, 3.8) is 0 Å². The number of hydrogen-bond donors (Lipinski definition) is 1. The number of rotatable bonds is 8. The van der Waals surface area contributed by atoms with Gasteiger partial charge in [0.1, 0.15) is 11.5 Å². The van der Waals surface area contributed by atoms with E-state index < -0.39 is 0 Å². The summed E-state index contributed by atoms with van der Waals surface area (Å²) in [5.41, 5.74) is 1.85. The van der Waals surface area contributed by atoms with Crippen LogP contribution in [0.25, 0.3) is 0 Å². The van der Waals surface area contributed by atoms with Crippen LogP contribution >= 0.6 is 0 Å². The molecule has 1 amide bonds. The fraction of sp³-hybridized carbons (Fsp3) is 0.381. The lowest BCUT2D eigenvalue weighted by atomic mass is 9.98. The molecular weight excluding hydrogens is 314 g/mol. The second kappa shape index (κ2) is 9.11. The van der Waals surface area contributed by atoms with E-state index in [-0.39, 0.29) is 18.6 Å². The Kier molecular flexibility index (Phi) is 6.87. The molecule has 0 fully saturated rings. The predicted octanol–water partition coefficient (Wildman–Crippen LogP) is 5.00. The van der Waals surface area contributed by atoms with Crippen LogP contribution in [0.5, 0.6) is 11.5 Å². The maximum Gasteiger partial charge on any atom is 0.262 e. The minimum absolute atomic E-state index is 0.0162. The molecule has 0 heterocycles. The summed E-state index contributed by atoms with van der Waals surface area (Å²) in [4.78, 5) is 12.1. The lowest BCUT2D eigenvalue weighted by Crippen LogP contribution is -2.20. The molecule has 0 spiro atoms. The van der Waals surface area contributed by atoms with Crippen molar-refractivity contribution in [2.75, 3.05) is 11.9 Å². The quantitative estimate of drug-likeness (QED) is 0.734. The lowest BCUT2D eigenvalue weighted by molar-refractivity contribution is -0.118. The van der Waals surface area contributed by atoms with E-state index in [0.29, 0.717) is 5.92 Å². The van der Waals surface area contributed by atoms with Gasteiger partial charge in [0.25, 0.3) is 5.91 Å². The number of nitrogens with one attached hydrogen (secondary N) is 1. The van der Waals surface area contributed by atoms with Gasteiger partial charge in [-0.1, -0.05) is 32.0 Å². The molecule has 0 bridgehead atoms. The number of amides is 1. The molecule has 4 nitrogen and oxygen atoms in total. The van der Waals surface area contributed by atoms with Crippen molar-refractivity contribution in [2.45, 2.75) is 46.1 Å². The van der Waals surface area contributed by atoms with Crippen molar-refractivity contribution in [1.29, 1.82) is 0 Å². The van der Waals surface area contributed by atoms with Crippen LogP contribution in [-0.2, 0) is 4.79 Å². The number of benzene rings is 2. The van der Waals surface area contributed by atoms with Gasteiger partial charge in [0.2, 0.25) is 0 Å². The van der Waals surface area contributed by atoms with Crippen molar-refractivity contribution in [3.05, 3.63) is 54.1 Å². The summed E-state index contributed by atoms with van der Waals surface area (Å²) in [6.45, 7) is 8.23. The van der Waals surface area contributed by atoms with Gasteiger partial charge in [-0.05, 0) is 62.1 Å². The van der Waals surface area contributed by atoms with E-state index in [1.54, 1.807) is 0 Å². The maximum absolute atomic E-state index is 12.1. The molecule has 0 aromatic heterocycles. The van der Waals surface area contributed by atoms with Crippen molar-refractivity contribution in [1.82, 2.24) is 0 Å². The minimum atomic E-state index is -0.184. The van der Waals surface area contributed by atoms with Crippen LogP contribution < -0.4 is 14.8 Å². The van der Waals surface area contributed by atoms with Gasteiger partial charge in [-0.15, -0.1) is 0 Å². The first-order valence-corrected chi connectivity index (χ1v) is 8.78. The summed E-state index contributed by atoms with van der Waals surface area (Å²) in [5, 5.41) is 2.84. The standard InChI is InChI=1S/C21H27NO3/c1-5-16(4)19-8-6-7-9-20(19)24-14-21(23)22-17-10-12-18(13-11-17)25-15(2)3/h6-13,15-16H,5,14H2,1-4H3,(H,22,23). The summed E-state index contributed by atoms with van der Waals surface area (Å²) in [7, 11) is 0. The van der Waals surface area contributed by atoms with E-state index in [1.807, 2.05) is 56.3 Å². The molecule has 0 radical (unpaired) electrons. The first kappa shape index (κ1) is 18.8. The van der Waals surface area contributed by atoms with E-state index in [0.717, 1.165) is 29.2 Å². The molecule has 1 unspecified atom stereocenters. The van der Waals surface area contributed by atoms with Crippen molar-refractivity contribution in [3.8, 4) is 11.5 Å². The Labute approximate surface area is 150 Å². The normalized spacial score (nSPS) is 11.9. The molecule has 0 aliphatic carbocycles. The van der Waals surface area contributed by atoms with Gasteiger partial charge < -0.3 is 14.8 Å². The molecule has 2 rings (SSSR count). The molecule has 0 aliphatic rings. The summed E-state index contributed by atoms with van der Waals surface area (Å²) in [6, 6.07) is 15.2. The molecule has 2 aromatic carbocycles. The minimum Gasteiger partial charge on any atom is -0.491 e.